The van der Waals surface area contributed by atoms with Gasteiger partial charge in [0.15, 0.2) is 0 Å². The molecule has 0 spiro atoms. The molecule has 3 nitrogen and oxygen atoms in total. The molecule has 94 valence electrons. The van der Waals surface area contributed by atoms with Crippen LogP contribution in [-0.2, 0) is 4.79 Å². The Labute approximate surface area is 111 Å². The van der Waals surface area contributed by atoms with Crippen molar-refractivity contribution in [3.8, 4) is 5.75 Å². The van der Waals surface area contributed by atoms with Crippen molar-refractivity contribution < 1.29 is 9.53 Å². The van der Waals surface area contributed by atoms with Crippen LogP contribution in [0.25, 0.3) is 0 Å². The topological polar surface area (TPSA) is 38.3 Å². The third kappa shape index (κ3) is 5.29. The van der Waals surface area contributed by atoms with Crippen LogP contribution in [0.15, 0.2) is 24.3 Å². The fraction of sp³-hybridized carbons (Fsp3) is 0.417. The monoisotopic (exact) mass is 275 g/mol. The van der Waals surface area contributed by atoms with Gasteiger partial charge in [-0.15, -0.1) is 11.6 Å². The first kappa shape index (κ1) is 14.1. The molecule has 0 radical (unpaired) electrons. The summed E-state index contributed by atoms with van der Waals surface area (Å²) in [5.41, 5.74) is 0. The Bertz CT molecular complexity index is 383. The summed E-state index contributed by atoms with van der Waals surface area (Å²) in [5, 5.41) is 2.77. The number of rotatable bonds is 5. The zero-order valence-electron chi connectivity index (χ0n) is 9.74. The molecule has 1 amide bonds. The smallest absolute Gasteiger partial charge is 0.237 e. The number of ether oxygens (including phenoxy) is 1. The predicted molar refractivity (Wildman–Crippen MR) is 69.9 cm³/mol. The van der Waals surface area contributed by atoms with E-state index in [9.17, 15) is 4.79 Å². The zero-order valence-corrected chi connectivity index (χ0v) is 11.3. The number of nitrogens with one attached hydrogen (secondary N) is 1. The van der Waals surface area contributed by atoms with Gasteiger partial charge in [0.25, 0.3) is 0 Å². The maximum absolute atomic E-state index is 11.2. The quantitative estimate of drug-likeness (QED) is 0.840. The third-order valence-corrected chi connectivity index (χ3v) is 2.49. The molecule has 1 aromatic rings. The highest BCUT2D eigenvalue weighted by atomic mass is 35.5. The van der Waals surface area contributed by atoms with E-state index in [0.717, 1.165) is 0 Å². The minimum absolute atomic E-state index is 0.146. The van der Waals surface area contributed by atoms with E-state index in [1.54, 1.807) is 19.1 Å². The number of carbonyl (C=O) groups excluding carboxylic acids is 1. The van der Waals surface area contributed by atoms with Gasteiger partial charge >= 0.3 is 0 Å². The Morgan fingerprint density at radius 3 is 2.76 bits per heavy atom. The van der Waals surface area contributed by atoms with Crippen molar-refractivity contribution in [3.63, 3.8) is 0 Å². The van der Waals surface area contributed by atoms with Gasteiger partial charge in [-0.2, -0.15) is 0 Å². The third-order valence-electron chi connectivity index (χ3n) is 2.06. The number of alkyl halides is 1. The molecule has 0 aliphatic heterocycles. The molecule has 0 aliphatic rings. The summed E-state index contributed by atoms with van der Waals surface area (Å²) in [6, 6.07) is 7.12. The molecular weight excluding hydrogens is 261 g/mol. The van der Waals surface area contributed by atoms with E-state index in [1.165, 1.54) is 0 Å². The van der Waals surface area contributed by atoms with Crippen LogP contribution in [-0.4, -0.2) is 23.9 Å². The fourth-order valence-corrected chi connectivity index (χ4v) is 1.46. The first-order valence-electron chi connectivity index (χ1n) is 5.33. The molecule has 5 heteroatoms. The summed E-state index contributed by atoms with van der Waals surface area (Å²) >= 11 is 11.5. The lowest BCUT2D eigenvalue weighted by Gasteiger charge is -2.16. The number of hydrogen-bond donors (Lipinski definition) is 1. The average Bonchev–Trinajstić information content (AvgIpc) is 2.25. The maximum atomic E-state index is 11.2. The molecule has 0 heterocycles. The molecular formula is C12H15Cl2NO2. The van der Waals surface area contributed by atoms with Gasteiger partial charge in [0.05, 0.1) is 6.54 Å². The highest BCUT2D eigenvalue weighted by Gasteiger charge is 2.11. The SMILES string of the molecule is CC(CNC(=O)C(C)Cl)Oc1cccc(Cl)c1. The maximum Gasteiger partial charge on any atom is 0.237 e. The minimum Gasteiger partial charge on any atom is -0.489 e. The lowest BCUT2D eigenvalue weighted by Crippen LogP contribution is -2.36. The lowest BCUT2D eigenvalue weighted by molar-refractivity contribution is -0.120. The Balaban J connectivity index is 2.39. The predicted octanol–water partition coefficient (Wildman–Crippen LogP) is 2.85. The Hall–Kier alpha value is -0.930. The van der Waals surface area contributed by atoms with Crippen LogP contribution >= 0.6 is 23.2 Å². The average molecular weight is 276 g/mol. The Morgan fingerprint density at radius 1 is 1.47 bits per heavy atom. The molecule has 0 saturated carbocycles. The number of halogens is 2. The Morgan fingerprint density at radius 2 is 2.18 bits per heavy atom. The molecule has 0 saturated heterocycles. The van der Waals surface area contributed by atoms with Gasteiger partial charge in [-0.1, -0.05) is 17.7 Å². The zero-order chi connectivity index (χ0) is 12.8. The van der Waals surface area contributed by atoms with E-state index in [0.29, 0.717) is 17.3 Å². The molecule has 1 rings (SSSR count). The fourth-order valence-electron chi connectivity index (χ4n) is 1.20. The number of carbonyl (C=O) groups is 1. The van der Waals surface area contributed by atoms with Crippen LogP contribution in [0.2, 0.25) is 5.02 Å². The first-order valence-corrected chi connectivity index (χ1v) is 6.14. The van der Waals surface area contributed by atoms with Gasteiger partial charge in [0.1, 0.15) is 17.2 Å². The molecule has 2 unspecified atom stereocenters. The summed E-state index contributed by atoms with van der Waals surface area (Å²) < 4.78 is 5.58. The van der Waals surface area contributed by atoms with E-state index >= 15 is 0 Å². The van der Waals surface area contributed by atoms with Crippen molar-refractivity contribution in [2.75, 3.05) is 6.54 Å². The molecule has 1 aromatic carbocycles. The summed E-state index contributed by atoms with van der Waals surface area (Å²) in [5.74, 6) is 0.478. The second-order valence-corrected chi connectivity index (χ2v) is 4.84. The van der Waals surface area contributed by atoms with E-state index < -0.39 is 5.38 Å². The summed E-state index contributed by atoms with van der Waals surface area (Å²) in [6.45, 7) is 3.89. The van der Waals surface area contributed by atoms with E-state index in [4.69, 9.17) is 27.9 Å². The molecule has 0 aliphatic carbocycles. The highest BCUT2D eigenvalue weighted by molar-refractivity contribution is 6.30. The van der Waals surface area contributed by atoms with Crippen LogP contribution in [0.4, 0.5) is 0 Å². The van der Waals surface area contributed by atoms with Crippen LogP contribution < -0.4 is 10.1 Å². The van der Waals surface area contributed by atoms with E-state index in [-0.39, 0.29) is 12.0 Å². The van der Waals surface area contributed by atoms with Crippen LogP contribution in [0.3, 0.4) is 0 Å². The Kier molecular flexibility index (Phi) is 5.59. The standard InChI is InChI=1S/C12H15Cl2NO2/c1-8(7-15-12(16)9(2)13)17-11-5-3-4-10(14)6-11/h3-6,8-9H,7H2,1-2H3,(H,15,16). The normalized spacial score (nSPS) is 13.9. The molecule has 0 fully saturated rings. The van der Waals surface area contributed by atoms with Gasteiger partial charge < -0.3 is 10.1 Å². The van der Waals surface area contributed by atoms with Crippen LogP contribution in [0.5, 0.6) is 5.75 Å². The summed E-state index contributed by atoms with van der Waals surface area (Å²) in [4.78, 5) is 11.2. The van der Waals surface area contributed by atoms with Crippen molar-refractivity contribution in [1.82, 2.24) is 5.32 Å². The van der Waals surface area contributed by atoms with Gasteiger partial charge in [-0.05, 0) is 32.0 Å². The lowest BCUT2D eigenvalue weighted by atomic mass is 10.3. The number of benzene rings is 1. The molecule has 1 N–H and O–H groups in total. The van der Waals surface area contributed by atoms with Gasteiger partial charge in [0.2, 0.25) is 5.91 Å². The van der Waals surface area contributed by atoms with E-state index in [2.05, 4.69) is 5.32 Å². The minimum atomic E-state index is -0.534. The summed E-state index contributed by atoms with van der Waals surface area (Å²) in [6.07, 6.45) is -0.146. The van der Waals surface area contributed by atoms with Crippen molar-refractivity contribution in [1.29, 1.82) is 0 Å². The molecule has 0 bridgehead atoms. The molecule has 17 heavy (non-hydrogen) atoms. The van der Waals surface area contributed by atoms with Crippen molar-refractivity contribution in [2.24, 2.45) is 0 Å². The number of amides is 1. The van der Waals surface area contributed by atoms with Crippen LogP contribution in [0.1, 0.15) is 13.8 Å². The van der Waals surface area contributed by atoms with Gasteiger partial charge in [-0.3, -0.25) is 4.79 Å². The van der Waals surface area contributed by atoms with Gasteiger partial charge in [0, 0.05) is 5.02 Å². The van der Waals surface area contributed by atoms with Crippen molar-refractivity contribution >= 4 is 29.1 Å². The largest absolute Gasteiger partial charge is 0.489 e. The molecule has 0 aromatic heterocycles. The summed E-state index contributed by atoms with van der Waals surface area (Å²) in [7, 11) is 0. The van der Waals surface area contributed by atoms with Crippen molar-refractivity contribution in [2.45, 2.75) is 25.3 Å². The van der Waals surface area contributed by atoms with Crippen molar-refractivity contribution in [3.05, 3.63) is 29.3 Å². The van der Waals surface area contributed by atoms with Crippen LogP contribution in [0, 0.1) is 0 Å². The highest BCUT2D eigenvalue weighted by Crippen LogP contribution is 2.18. The first-order chi connectivity index (χ1) is 7.99. The number of hydrogen-bond acceptors (Lipinski definition) is 2. The molecule has 2 atom stereocenters. The second kappa shape index (κ2) is 6.72. The van der Waals surface area contributed by atoms with E-state index in [1.807, 2.05) is 19.1 Å². The van der Waals surface area contributed by atoms with Gasteiger partial charge in [-0.25, -0.2) is 0 Å². The second-order valence-electron chi connectivity index (χ2n) is 3.75.